The van der Waals surface area contributed by atoms with E-state index in [9.17, 15) is 22.8 Å². The van der Waals surface area contributed by atoms with Gasteiger partial charge in [0.15, 0.2) is 0 Å². The van der Waals surface area contributed by atoms with E-state index in [1.54, 1.807) is 5.32 Å². The lowest BCUT2D eigenvalue weighted by Crippen LogP contribution is -2.44. The molecule has 1 aliphatic rings. The number of rotatable bonds is 1. The molecule has 0 aromatic heterocycles. The van der Waals surface area contributed by atoms with Crippen molar-refractivity contribution in [3.05, 3.63) is 0 Å². The van der Waals surface area contributed by atoms with Crippen molar-refractivity contribution in [1.82, 2.24) is 15.5 Å². The van der Waals surface area contributed by atoms with Crippen molar-refractivity contribution in [1.29, 1.82) is 0 Å². The molecule has 0 atom stereocenters. The Morgan fingerprint density at radius 1 is 1.44 bits per heavy atom. The van der Waals surface area contributed by atoms with Crippen LogP contribution in [-0.4, -0.2) is 49.2 Å². The molecule has 5 nitrogen and oxygen atoms in total. The van der Waals surface area contributed by atoms with Crippen LogP contribution in [0.3, 0.4) is 0 Å². The highest BCUT2D eigenvalue weighted by molar-refractivity contribution is 5.79. The molecule has 0 aromatic rings. The van der Waals surface area contributed by atoms with E-state index in [-0.39, 0.29) is 32.0 Å². The topological polar surface area (TPSA) is 61.4 Å². The third-order valence-corrected chi connectivity index (χ3v) is 2.04. The van der Waals surface area contributed by atoms with Crippen molar-refractivity contribution < 1.29 is 22.8 Å². The van der Waals surface area contributed by atoms with Crippen LogP contribution in [0.5, 0.6) is 0 Å². The second kappa shape index (κ2) is 5.04. The Kier molecular flexibility index (Phi) is 3.97. The second-order valence-electron chi connectivity index (χ2n) is 3.36. The lowest BCUT2D eigenvalue weighted by Gasteiger charge is -2.20. The summed E-state index contributed by atoms with van der Waals surface area (Å²) in [6, 6.07) is -0.797. The summed E-state index contributed by atoms with van der Waals surface area (Å²) < 4.78 is 35.5. The van der Waals surface area contributed by atoms with Crippen molar-refractivity contribution in [3.63, 3.8) is 0 Å². The van der Waals surface area contributed by atoms with E-state index < -0.39 is 18.8 Å². The normalized spacial score (nSPS) is 17.7. The minimum atomic E-state index is -4.42. The molecular formula is C8H12F3N3O2. The fourth-order valence-electron chi connectivity index (χ4n) is 1.26. The van der Waals surface area contributed by atoms with Crippen molar-refractivity contribution in [2.24, 2.45) is 0 Å². The smallest absolute Gasteiger partial charge is 0.354 e. The maximum Gasteiger partial charge on any atom is 0.405 e. The Morgan fingerprint density at radius 2 is 2.12 bits per heavy atom. The van der Waals surface area contributed by atoms with Gasteiger partial charge in [0.2, 0.25) is 5.91 Å². The van der Waals surface area contributed by atoms with Crippen molar-refractivity contribution >= 4 is 11.9 Å². The SMILES string of the molecule is O=C1CCN(C(=O)NCC(F)(F)F)CCN1. The monoisotopic (exact) mass is 239 g/mol. The molecule has 0 unspecified atom stereocenters. The zero-order chi connectivity index (χ0) is 12.2. The highest BCUT2D eigenvalue weighted by atomic mass is 19.4. The fourth-order valence-corrected chi connectivity index (χ4v) is 1.26. The average Bonchev–Trinajstić information content (AvgIpc) is 2.38. The molecule has 1 rings (SSSR count). The molecule has 1 fully saturated rings. The number of hydrogen-bond donors (Lipinski definition) is 2. The third kappa shape index (κ3) is 4.37. The van der Waals surface area contributed by atoms with Crippen molar-refractivity contribution in [3.8, 4) is 0 Å². The molecule has 0 aliphatic carbocycles. The number of nitrogens with zero attached hydrogens (tertiary/aromatic N) is 1. The largest absolute Gasteiger partial charge is 0.405 e. The van der Waals surface area contributed by atoms with Gasteiger partial charge >= 0.3 is 12.2 Å². The molecule has 0 radical (unpaired) electrons. The van der Waals surface area contributed by atoms with Crippen LogP contribution < -0.4 is 10.6 Å². The van der Waals surface area contributed by atoms with E-state index in [0.29, 0.717) is 0 Å². The Hall–Kier alpha value is -1.47. The van der Waals surface area contributed by atoms with Crippen LogP contribution in [0.2, 0.25) is 0 Å². The van der Waals surface area contributed by atoms with Crippen LogP contribution in [0.25, 0.3) is 0 Å². The predicted octanol–water partition coefficient (Wildman–Crippen LogP) is 0.0802. The molecule has 1 heterocycles. The van der Waals surface area contributed by atoms with Crippen LogP contribution in [0.15, 0.2) is 0 Å². The highest BCUT2D eigenvalue weighted by Crippen LogP contribution is 2.12. The molecule has 1 aliphatic heterocycles. The maximum atomic E-state index is 11.8. The van der Waals surface area contributed by atoms with Gasteiger partial charge < -0.3 is 15.5 Å². The second-order valence-corrected chi connectivity index (χ2v) is 3.36. The van der Waals surface area contributed by atoms with E-state index >= 15 is 0 Å². The Morgan fingerprint density at radius 3 is 2.75 bits per heavy atom. The molecule has 0 aromatic carbocycles. The summed E-state index contributed by atoms with van der Waals surface area (Å²) in [5, 5.41) is 4.28. The van der Waals surface area contributed by atoms with E-state index in [1.165, 1.54) is 4.90 Å². The van der Waals surface area contributed by atoms with Crippen LogP contribution in [0, 0.1) is 0 Å². The van der Waals surface area contributed by atoms with Gasteiger partial charge in [-0.1, -0.05) is 0 Å². The summed E-state index contributed by atoms with van der Waals surface area (Å²) in [7, 11) is 0. The van der Waals surface area contributed by atoms with Gasteiger partial charge in [-0.25, -0.2) is 4.79 Å². The van der Waals surface area contributed by atoms with Gasteiger partial charge in [0.1, 0.15) is 6.54 Å². The number of carbonyl (C=O) groups is 2. The van der Waals surface area contributed by atoms with Crippen LogP contribution in [0.1, 0.15) is 6.42 Å². The molecule has 1 saturated heterocycles. The summed E-state index contributed by atoms with van der Waals surface area (Å²) >= 11 is 0. The molecular weight excluding hydrogens is 227 g/mol. The van der Waals surface area contributed by atoms with Crippen molar-refractivity contribution in [2.45, 2.75) is 12.6 Å². The summed E-state index contributed by atoms with van der Waals surface area (Å²) in [6.45, 7) is -0.743. The minimum Gasteiger partial charge on any atom is -0.354 e. The van der Waals surface area contributed by atoms with Crippen LogP contribution >= 0.6 is 0 Å². The first-order valence-corrected chi connectivity index (χ1v) is 4.75. The average molecular weight is 239 g/mol. The summed E-state index contributed by atoms with van der Waals surface area (Å²) in [5.74, 6) is -0.203. The first-order chi connectivity index (χ1) is 7.38. The number of urea groups is 1. The number of carbonyl (C=O) groups excluding carboxylic acids is 2. The minimum absolute atomic E-state index is 0.111. The predicted molar refractivity (Wildman–Crippen MR) is 48.7 cm³/mol. The van der Waals surface area contributed by atoms with Crippen LogP contribution in [0.4, 0.5) is 18.0 Å². The van der Waals surface area contributed by atoms with Gasteiger partial charge in [0, 0.05) is 26.1 Å². The standard InChI is InChI=1S/C8H12F3N3O2/c9-8(10,11)5-13-7(16)14-3-1-6(15)12-2-4-14/h1-5H2,(H,12,15)(H,13,16). The van der Waals surface area contributed by atoms with Crippen LogP contribution in [-0.2, 0) is 4.79 Å². The highest BCUT2D eigenvalue weighted by Gasteiger charge is 2.29. The Bertz CT molecular complexity index is 280. The molecule has 92 valence electrons. The molecule has 2 N–H and O–H groups in total. The van der Waals surface area contributed by atoms with Gasteiger partial charge in [-0.2, -0.15) is 13.2 Å². The molecule has 8 heteroatoms. The summed E-state index contributed by atoms with van der Waals surface area (Å²) in [6.07, 6.45) is -4.31. The summed E-state index contributed by atoms with van der Waals surface area (Å²) in [5.41, 5.74) is 0. The first-order valence-electron chi connectivity index (χ1n) is 4.75. The molecule has 0 saturated carbocycles. The van der Waals surface area contributed by atoms with E-state index in [0.717, 1.165) is 0 Å². The third-order valence-electron chi connectivity index (χ3n) is 2.04. The van der Waals surface area contributed by atoms with E-state index in [1.807, 2.05) is 0 Å². The van der Waals surface area contributed by atoms with Crippen molar-refractivity contribution in [2.75, 3.05) is 26.2 Å². The molecule has 16 heavy (non-hydrogen) atoms. The van der Waals surface area contributed by atoms with Gasteiger partial charge in [-0.3, -0.25) is 4.79 Å². The quantitative estimate of drug-likeness (QED) is 0.680. The van der Waals surface area contributed by atoms with Gasteiger partial charge in [-0.15, -0.1) is 0 Å². The number of alkyl halides is 3. The van der Waals surface area contributed by atoms with Gasteiger partial charge in [-0.05, 0) is 0 Å². The lowest BCUT2D eigenvalue weighted by molar-refractivity contribution is -0.123. The number of hydrogen-bond acceptors (Lipinski definition) is 2. The number of amides is 3. The number of nitrogens with one attached hydrogen (secondary N) is 2. The Labute approximate surface area is 90.0 Å². The van der Waals surface area contributed by atoms with E-state index in [4.69, 9.17) is 0 Å². The lowest BCUT2D eigenvalue weighted by atomic mass is 10.4. The molecule has 0 bridgehead atoms. The van der Waals surface area contributed by atoms with Gasteiger partial charge in [0.05, 0.1) is 0 Å². The zero-order valence-corrected chi connectivity index (χ0v) is 8.43. The summed E-state index contributed by atoms with van der Waals surface area (Å²) in [4.78, 5) is 23.4. The molecule has 0 spiro atoms. The zero-order valence-electron chi connectivity index (χ0n) is 8.43. The molecule has 3 amide bonds. The maximum absolute atomic E-state index is 11.8. The Balaban J connectivity index is 2.38. The fraction of sp³-hybridized carbons (Fsp3) is 0.750. The first kappa shape index (κ1) is 12.6. The van der Waals surface area contributed by atoms with E-state index in [2.05, 4.69) is 5.32 Å². The van der Waals surface area contributed by atoms with Gasteiger partial charge in [0.25, 0.3) is 0 Å². The number of halogens is 3.